The van der Waals surface area contributed by atoms with Gasteiger partial charge in [0.1, 0.15) is 5.41 Å². The van der Waals surface area contributed by atoms with Crippen LogP contribution in [0.4, 0.5) is 14.5 Å². The van der Waals surface area contributed by atoms with Crippen LogP contribution in [0.5, 0.6) is 0 Å². The second-order valence-corrected chi connectivity index (χ2v) is 12.4. The third-order valence-corrected chi connectivity index (χ3v) is 8.41. The van der Waals surface area contributed by atoms with Gasteiger partial charge in [-0.1, -0.05) is 69.8 Å². The van der Waals surface area contributed by atoms with Crippen molar-refractivity contribution in [3.8, 4) is 0 Å². The number of amides is 2. The highest BCUT2D eigenvalue weighted by molar-refractivity contribution is 6.31. The van der Waals surface area contributed by atoms with E-state index in [4.69, 9.17) is 11.6 Å². The number of nitrogens with one attached hydrogen (secondary N) is 3. The zero-order chi connectivity index (χ0) is 26.5. The van der Waals surface area contributed by atoms with Crippen molar-refractivity contribution in [1.82, 2.24) is 10.6 Å². The molecule has 4 atom stereocenters. The number of hydrogen-bond donors (Lipinski definition) is 3. The number of hydrogen-bond acceptors (Lipinski definition) is 3. The first-order chi connectivity index (χ1) is 17.5. The van der Waals surface area contributed by atoms with Crippen LogP contribution < -0.4 is 16.0 Å². The molecule has 0 aromatic heterocycles. The van der Waals surface area contributed by atoms with Crippen LogP contribution in [0, 0.1) is 17.0 Å². The fraction of sp³-hybridized carbons (Fsp3) is 0.517. The summed E-state index contributed by atoms with van der Waals surface area (Å²) in [5.74, 6) is -3.63. The van der Waals surface area contributed by atoms with Crippen molar-refractivity contribution in [2.45, 2.75) is 88.8 Å². The highest BCUT2D eigenvalue weighted by atomic mass is 35.5. The standard InChI is InChI=1S/C29H34ClF2N3O2/c1-28(2,3)15-22-29(19-13-12-16(30)14-21(19)34-27(29)37)23(18-10-7-11-20(31)24(18)32)25(35-22)26(36)33-17-8-5-4-6-9-17/h7,10-14,17,22-23,25,35H,4-6,8-9,15H2,1-3H3,(H,33,36)(H,34,37)/t22-,23+,25-,29+/m1/s1. The summed E-state index contributed by atoms with van der Waals surface area (Å²) in [7, 11) is 0. The molecule has 1 aliphatic carbocycles. The monoisotopic (exact) mass is 529 g/mol. The Morgan fingerprint density at radius 1 is 1.14 bits per heavy atom. The van der Waals surface area contributed by atoms with Gasteiger partial charge in [0.25, 0.3) is 0 Å². The van der Waals surface area contributed by atoms with Gasteiger partial charge in [-0.25, -0.2) is 8.78 Å². The van der Waals surface area contributed by atoms with Gasteiger partial charge in [0.05, 0.1) is 6.04 Å². The van der Waals surface area contributed by atoms with Crippen molar-refractivity contribution in [3.05, 3.63) is 64.2 Å². The molecule has 37 heavy (non-hydrogen) atoms. The van der Waals surface area contributed by atoms with Crippen molar-refractivity contribution in [1.29, 1.82) is 0 Å². The van der Waals surface area contributed by atoms with Gasteiger partial charge in [0.2, 0.25) is 11.8 Å². The van der Waals surface area contributed by atoms with E-state index in [1.54, 1.807) is 18.2 Å². The second-order valence-electron chi connectivity index (χ2n) is 11.9. The zero-order valence-corrected chi connectivity index (χ0v) is 22.2. The molecule has 5 rings (SSSR count). The molecule has 1 saturated carbocycles. The Morgan fingerprint density at radius 3 is 2.57 bits per heavy atom. The van der Waals surface area contributed by atoms with Crippen molar-refractivity contribution < 1.29 is 18.4 Å². The molecule has 1 saturated heterocycles. The smallest absolute Gasteiger partial charge is 0.238 e. The lowest BCUT2D eigenvalue weighted by atomic mass is 9.62. The lowest BCUT2D eigenvalue weighted by molar-refractivity contribution is -0.124. The van der Waals surface area contributed by atoms with Crippen molar-refractivity contribution in [2.75, 3.05) is 5.32 Å². The van der Waals surface area contributed by atoms with Crippen LogP contribution in [0.2, 0.25) is 5.02 Å². The minimum absolute atomic E-state index is 0.0191. The van der Waals surface area contributed by atoms with Crippen LogP contribution in [-0.2, 0) is 15.0 Å². The summed E-state index contributed by atoms with van der Waals surface area (Å²) in [6.45, 7) is 6.18. The summed E-state index contributed by atoms with van der Waals surface area (Å²) in [6, 6.07) is 7.72. The Kier molecular flexibility index (Phi) is 6.82. The minimum Gasteiger partial charge on any atom is -0.352 e. The van der Waals surface area contributed by atoms with Gasteiger partial charge in [0, 0.05) is 28.7 Å². The molecule has 2 aromatic rings. The lowest BCUT2D eigenvalue weighted by Crippen LogP contribution is -2.49. The number of carbonyl (C=O) groups excluding carboxylic acids is 2. The highest BCUT2D eigenvalue weighted by Gasteiger charge is 2.66. The Labute approximate surface area is 221 Å². The molecule has 8 heteroatoms. The molecule has 2 aromatic carbocycles. The Bertz CT molecular complexity index is 1220. The SMILES string of the molecule is CC(C)(C)C[C@H]1N[C@@H](C(=O)NC2CCCCC2)[C@H](c2cccc(F)c2F)[C@@]12C(=O)Nc1cc(Cl)ccc12. The topological polar surface area (TPSA) is 70.2 Å². The van der Waals surface area contributed by atoms with Crippen LogP contribution in [-0.4, -0.2) is 29.9 Å². The Hall–Kier alpha value is -2.51. The maximum Gasteiger partial charge on any atom is 0.238 e. The van der Waals surface area contributed by atoms with E-state index < -0.39 is 35.1 Å². The number of anilines is 1. The molecule has 0 radical (unpaired) electrons. The number of carbonyl (C=O) groups is 2. The van der Waals surface area contributed by atoms with Gasteiger partial charge in [-0.05, 0) is 54.0 Å². The van der Waals surface area contributed by atoms with E-state index in [9.17, 15) is 14.0 Å². The summed E-state index contributed by atoms with van der Waals surface area (Å²) in [5.41, 5.74) is -0.361. The highest BCUT2D eigenvalue weighted by Crippen LogP contribution is 2.57. The molecule has 5 nitrogen and oxygen atoms in total. The predicted molar refractivity (Wildman–Crippen MR) is 141 cm³/mol. The van der Waals surface area contributed by atoms with E-state index in [2.05, 4.69) is 36.7 Å². The van der Waals surface area contributed by atoms with E-state index in [-0.39, 0.29) is 28.8 Å². The first-order valence-corrected chi connectivity index (χ1v) is 13.5. The zero-order valence-electron chi connectivity index (χ0n) is 21.5. The molecule has 2 aliphatic heterocycles. The van der Waals surface area contributed by atoms with Crippen LogP contribution in [0.3, 0.4) is 0 Å². The number of benzene rings is 2. The van der Waals surface area contributed by atoms with Crippen LogP contribution in [0.1, 0.15) is 76.3 Å². The summed E-state index contributed by atoms with van der Waals surface area (Å²) in [4.78, 5) is 27.9. The maximum atomic E-state index is 15.5. The summed E-state index contributed by atoms with van der Waals surface area (Å²) < 4.78 is 30.1. The molecule has 3 aliphatic rings. The molecular weight excluding hydrogens is 496 g/mol. The van der Waals surface area contributed by atoms with E-state index >= 15 is 4.39 Å². The first kappa shape index (κ1) is 26.1. The van der Waals surface area contributed by atoms with Crippen molar-refractivity contribution in [2.24, 2.45) is 5.41 Å². The summed E-state index contributed by atoms with van der Waals surface area (Å²) in [6.07, 6.45) is 5.52. The maximum absolute atomic E-state index is 15.5. The fourth-order valence-corrected chi connectivity index (χ4v) is 6.86. The van der Waals surface area contributed by atoms with E-state index in [1.165, 1.54) is 12.1 Å². The quantitative estimate of drug-likeness (QED) is 0.467. The van der Waals surface area contributed by atoms with Gasteiger partial charge in [-0.15, -0.1) is 0 Å². The molecule has 2 heterocycles. The van der Waals surface area contributed by atoms with Gasteiger partial charge in [-0.2, -0.15) is 0 Å². The third-order valence-electron chi connectivity index (χ3n) is 8.17. The molecule has 0 bridgehead atoms. The molecule has 2 amide bonds. The van der Waals surface area contributed by atoms with Crippen molar-refractivity contribution in [3.63, 3.8) is 0 Å². The molecule has 2 fully saturated rings. The summed E-state index contributed by atoms with van der Waals surface area (Å²) >= 11 is 6.26. The average molecular weight is 530 g/mol. The lowest BCUT2D eigenvalue weighted by Gasteiger charge is -2.37. The van der Waals surface area contributed by atoms with Crippen molar-refractivity contribution >= 4 is 29.1 Å². The van der Waals surface area contributed by atoms with Crippen LogP contribution >= 0.6 is 11.6 Å². The van der Waals surface area contributed by atoms with Gasteiger partial charge >= 0.3 is 0 Å². The Balaban J connectivity index is 1.70. The molecule has 1 spiro atoms. The number of halogens is 3. The predicted octanol–water partition coefficient (Wildman–Crippen LogP) is 5.82. The summed E-state index contributed by atoms with van der Waals surface area (Å²) in [5, 5.41) is 10.0. The van der Waals surface area contributed by atoms with Gasteiger partial charge < -0.3 is 16.0 Å². The largest absolute Gasteiger partial charge is 0.352 e. The first-order valence-electron chi connectivity index (χ1n) is 13.1. The number of fused-ring (bicyclic) bond motifs is 2. The minimum atomic E-state index is -1.34. The molecule has 3 N–H and O–H groups in total. The normalized spacial score (nSPS) is 27.8. The number of rotatable bonds is 4. The van der Waals surface area contributed by atoms with E-state index in [0.29, 0.717) is 22.7 Å². The van der Waals surface area contributed by atoms with E-state index in [1.807, 2.05) is 0 Å². The van der Waals surface area contributed by atoms with Gasteiger partial charge in [0.15, 0.2) is 11.6 Å². The molecular formula is C29H34ClF2N3O2. The molecule has 0 unspecified atom stereocenters. The second kappa shape index (κ2) is 9.66. The van der Waals surface area contributed by atoms with Crippen LogP contribution in [0.15, 0.2) is 36.4 Å². The van der Waals surface area contributed by atoms with Gasteiger partial charge in [-0.3, -0.25) is 9.59 Å². The molecule has 198 valence electrons. The fourth-order valence-electron chi connectivity index (χ4n) is 6.69. The average Bonchev–Trinajstić information content (AvgIpc) is 3.30. The van der Waals surface area contributed by atoms with E-state index in [0.717, 1.165) is 38.2 Å². The Morgan fingerprint density at radius 2 is 1.86 bits per heavy atom. The third kappa shape index (κ3) is 4.54. The van der Waals surface area contributed by atoms with Crippen LogP contribution in [0.25, 0.3) is 0 Å².